The quantitative estimate of drug-likeness (QED) is 0.808. The lowest BCUT2D eigenvalue weighted by Crippen LogP contribution is -2.41. The summed E-state index contributed by atoms with van der Waals surface area (Å²) in [4.78, 5) is 17.9. The third-order valence-electron chi connectivity index (χ3n) is 3.11. The average molecular weight is 304 g/mol. The SMILES string of the molecule is CC(C)(C)OC(=O)N1c2cscc2-c2cccnc2[C@H]1O. The number of hydrogen-bond acceptors (Lipinski definition) is 5. The van der Waals surface area contributed by atoms with Crippen LogP contribution >= 0.6 is 11.3 Å². The summed E-state index contributed by atoms with van der Waals surface area (Å²) in [6.07, 6.45) is -0.115. The number of ether oxygens (including phenoxy) is 1. The van der Waals surface area contributed by atoms with Crippen molar-refractivity contribution in [2.45, 2.75) is 32.6 Å². The van der Waals surface area contributed by atoms with Gasteiger partial charge in [-0.15, -0.1) is 11.3 Å². The largest absolute Gasteiger partial charge is 0.443 e. The van der Waals surface area contributed by atoms with Crippen molar-refractivity contribution in [2.24, 2.45) is 0 Å². The number of carbonyl (C=O) groups excluding carboxylic acids is 1. The summed E-state index contributed by atoms with van der Waals surface area (Å²) in [5.74, 6) is 0. The van der Waals surface area contributed by atoms with Gasteiger partial charge in [0, 0.05) is 28.1 Å². The van der Waals surface area contributed by atoms with Gasteiger partial charge in [-0.05, 0) is 26.8 Å². The Bertz CT molecular complexity index is 690. The van der Waals surface area contributed by atoms with Crippen LogP contribution in [0.4, 0.5) is 10.5 Å². The first-order chi connectivity index (χ1) is 9.88. The molecule has 6 heteroatoms. The van der Waals surface area contributed by atoms with E-state index < -0.39 is 17.9 Å². The molecule has 2 aromatic rings. The van der Waals surface area contributed by atoms with E-state index in [0.29, 0.717) is 11.4 Å². The highest BCUT2D eigenvalue weighted by Crippen LogP contribution is 2.45. The lowest BCUT2D eigenvalue weighted by molar-refractivity contribution is 0.0466. The maximum absolute atomic E-state index is 12.4. The van der Waals surface area contributed by atoms with Crippen LogP contribution in [0.3, 0.4) is 0 Å². The summed E-state index contributed by atoms with van der Waals surface area (Å²) in [6, 6.07) is 3.71. The maximum Gasteiger partial charge on any atom is 0.417 e. The molecule has 1 aliphatic rings. The van der Waals surface area contributed by atoms with Gasteiger partial charge in [0.15, 0.2) is 6.23 Å². The molecule has 21 heavy (non-hydrogen) atoms. The summed E-state index contributed by atoms with van der Waals surface area (Å²) < 4.78 is 5.39. The van der Waals surface area contributed by atoms with Crippen LogP contribution < -0.4 is 4.90 Å². The molecule has 1 amide bonds. The summed E-state index contributed by atoms with van der Waals surface area (Å²) in [5.41, 5.74) is 2.23. The van der Waals surface area contributed by atoms with E-state index in [1.807, 2.05) is 22.9 Å². The zero-order valence-corrected chi connectivity index (χ0v) is 12.8. The second-order valence-electron chi connectivity index (χ2n) is 5.83. The van der Waals surface area contributed by atoms with Crippen LogP contribution in [0.5, 0.6) is 0 Å². The number of aliphatic hydroxyl groups excluding tert-OH is 1. The number of pyridine rings is 1. The van der Waals surface area contributed by atoms with Gasteiger partial charge in [0.2, 0.25) is 0 Å². The van der Waals surface area contributed by atoms with Gasteiger partial charge in [-0.25, -0.2) is 9.69 Å². The Hall–Kier alpha value is -1.92. The smallest absolute Gasteiger partial charge is 0.417 e. The molecule has 0 aliphatic carbocycles. The molecule has 0 bridgehead atoms. The predicted molar refractivity (Wildman–Crippen MR) is 81.2 cm³/mol. The van der Waals surface area contributed by atoms with Gasteiger partial charge in [-0.1, -0.05) is 6.07 Å². The van der Waals surface area contributed by atoms with Gasteiger partial charge < -0.3 is 9.84 Å². The van der Waals surface area contributed by atoms with Crippen LogP contribution in [-0.4, -0.2) is 21.8 Å². The normalized spacial score (nSPS) is 17.1. The molecule has 1 aliphatic heterocycles. The van der Waals surface area contributed by atoms with Crippen molar-refractivity contribution in [3.8, 4) is 11.1 Å². The van der Waals surface area contributed by atoms with E-state index in [1.165, 1.54) is 16.2 Å². The molecule has 2 aromatic heterocycles. The number of hydrogen-bond donors (Lipinski definition) is 1. The van der Waals surface area contributed by atoms with Crippen molar-refractivity contribution < 1.29 is 14.6 Å². The van der Waals surface area contributed by atoms with Gasteiger partial charge in [0.25, 0.3) is 0 Å². The van der Waals surface area contributed by atoms with E-state index in [9.17, 15) is 9.90 Å². The first kappa shape index (κ1) is 14.0. The zero-order valence-electron chi connectivity index (χ0n) is 12.0. The van der Waals surface area contributed by atoms with E-state index in [4.69, 9.17) is 4.74 Å². The van der Waals surface area contributed by atoms with Crippen LogP contribution in [0.25, 0.3) is 11.1 Å². The van der Waals surface area contributed by atoms with Crippen molar-refractivity contribution in [1.29, 1.82) is 0 Å². The Labute approximate surface area is 126 Å². The van der Waals surface area contributed by atoms with Gasteiger partial charge >= 0.3 is 6.09 Å². The molecule has 0 saturated carbocycles. The Morgan fingerprint density at radius 1 is 1.38 bits per heavy atom. The second kappa shape index (κ2) is 4.82. The molecule has 3 rings (SSSR count). The van der Waals surface area contributed by atoms with E-state index in [2.05, 4.69) is 4.98 Å². The number of thiophene rings is 1. The number of anilines is 1. The van der Waals surface area contributed by atoms with E-state index in [-0.39, 0.29) is 0 Å². The molecule has 0 fully saturated rings. The third kappa shape index (κ3) is 2.41. The number of aromatic nitrogens is 1. The minimum atomic E-state index is -1.14. The van der Waals surface area contributed by atoms with Crippen molar-refractivity contribution in [3.05, 3.63) is 34.8 Å². The first-order valence-electron chi connectivity index (χ1n) is 6.60. The molecule has 1 atom stereocenters. The lowest BCUT2D eigenvalue weighted by Gasteiger charge is -2.34. The summed E-state index contributed by atoms with van der Waals surface area (Å²) in [5, 5.41) is 14.3. The summed E-state index contributed by atoms with van der Waals surface area (Å²) in [7, 11) is 0. The highest BCUT2D eigenvalue weighted by Gasteiger charge is 2.37. The molecule has 0 unspecified atom stereocenters. The van der Waals surface area contributed by atoms with Gasteiger partial charge in [0.1, 0.15) is 5.60 Å². The van der Waals surface area contributed by atoms with Crippen LogP contribution in [0.2, 0.25) is 0 Å². The molecule has 0 saturated heterocycles. The highest BCUT2D eigenvalue weighted by molar-refractivity contribution is 7.08. The molecule has 110 valence electrons. The fourth-order valence-corrected chi connectivity index (χ4v) is 3.11. The molecule has 0 spiro atoms. The average Bonchev–Trinajstić information content (AvgIpc) is 2.86. The van der Waals surface area contributed by atoms with Crippen molar-refractivity contribution in [3.63, 3.8) is 0 Å². The van der Waals surface area contributed by atoms with E-state index >= 15 is 0 Å². The van der Waals surface area contributed by atoms with E-state index in [0.717, 1.165) is 11.1 Å². The minimum absolute atomic E-state index is 0.467. The zero-order chi connectivity index (χ0) is 15.2. The molecule has 5 nitrogen and oxygen atoms in total. The predicted octanol–water partition coefficient (Wildman–Crippen LogP) is 3.56. The maximum atomic E-state index is 12.4. The number of nitrogens with zero attached hydrogens (tertiary/aromatic N) is 2. The number of amides is 1. The summed E-state index contributed by atoms with van der Waals surface area (Å²) in [6.45, 7) is 5.38. The Morgan fingerprint density at radius 3 is 2.86 bits per heavy atom. The molecule has 3 heterocycles. The minimum Gasteiger partial charge on any atom is -0.443 e. The standard InChI is InChI=1S/C15H16N2O3S/c1-15(2,3)20-14(19)17-11-8-21-7-10(11)9-5-4-6-16-12(9)13(17)18/h4-8,13,18H,1-3H3/t13-/m1/s1. The molecule has 1 N–H and O–H groups in total. The highest BCUT2D eigenvalue weighted by atomic mass is 32.1. The van der Waals surface area contributed by atoms with Crippen LogP contribution in [-0.2, 0) is 4.74 Å². The second-order valence-corrected chi connectivity index (χ2v) is 6.57. The Morgan fingerprint density at radius 2 is 2.14 bits per heavy atom. The lowest BCUT2D eigenvalue weighted by atomic mass is 10.00. The monoisotopic (exact) mass is 304 g/mol. The summed E-state index contributed by atoms with van der Waals surface area (Å²) >= 11 is 1.47. The van der Waals surface area contributed by atoms with Crippen LogP contribution in [0.15, 0.2) is 29.1 Å². The molecular weight excluding hydrogens is 288 g/mol. The van der Waals surface area contributed by atoms with Crippen molar-refractivity contribution in [1.82, 2.24) is 4.98 Å². The number of carbonyl (C=O) groups is 1. The van der Waals surface area contributed by atoms with Crippen LogP contribution in [0, 0.1) is 0 Å². The van der Waals surface area contributed by atoms with E-state index in [1.54, 1.807) is 27.0 Å². The third-order valence-corrected chi connectivity index (χ3v) is 3.84. The van der Waals surface area contributed by atoms with Gasteiger partial charge in [0.05, 0.1) is 11.4 Å². The fourth-order valence-electron chi connectivity index (χ4n) is 2.29. The topological polar surface area (TPSA) is 62.7 Å². The number of aliphatic hydroxyl groups is 1. The van der Waals surface area contributed by atoms with Crippen molar-refractivity contribution >= 4 is 23.1 Å². The fraction of sp³-hybridized carbons (Fsp3) is 0.333. The molecular formula is C15H16N2O3S. The van der Waals surface area contributed by atoms with Gasteiger partial charge in [-0.3, -0.25) is 4.98 Å². The van der Waals surface area contributed by atoms with Crippen LogP contribution in [0.1, 0.15) is 32.7 Å². The van der Waals surface area contributed by atoms with Gasteiger partial charge in [-0.2, -0.15) is 0 Å². The Kier molecular flexibility index (Phi) is 3.22. The molecule has 0 radical (unpaired) electrons. The molecule has 0 aromatic carbocycles. The number of fused-ring (bicyclic) bond motifs is 3. The Balaban J connectivity index is 2.07. The van der Waals surface area contributed by atoms with Crippen molar-refractivity contribution in [2.75, 3.05) is 4.90 Å². The first-order valence-corrected chi connectivity index (χ1v) is 7.54. The number of rotatable bonds is 0.